The standard InChI is InChI=1S/C13H28N2O/c1-3-6-14-8-9-15-7-5-12-10-13(11-12)16-4-2/h12-15H,3-11H2,1-2H3. The maximum Gasteiger partial charge on any atom is 0.0580 e. The topological polar surface area (TPSA) is 33.3 Å². The fourth-order valence-corrected chi connectivity index (χ4v) is 2.19. The van der Waals surface area contributed by atoms with Crippen molar-refractivity contribution < 1.29 is 4.74 Å². The van der Waals surface area contributed by atoms with Crippen molar-refractivity contribution in [3.63, 3.8) is 0 Å². The third-order valence-corrected chi connectivity index (χ3v) is 3.23. The molecule has 0 spiro atoms. The Morgan fingerprint density at radius 3 is 2.31 bits per heavy atom. The van der Waals surface area contributed by atoms with Gasteiger partial charge in [0.1, 0.15) is 0 Å². The minimum atomic E-state index is 0.571. The van der Waals surface area contributed by atoms with Gasteiger partial charge in [0.15, 0.2) is 0 Å². The van der Waals surface area contributed by atoms with E-state index in [-0.39, 0.29) is 0 Å². The summed E-state index contributed by atoms with van der Waals surface area (Å²) >= 11 is 0. The molecule has 0 radical (unpaired) electrons. The maximum absolute atomic E-state index is 5.55. The number of hydrogen-bond acceptors (Lipinski definition) is 3. The van der Waals surface area contributed by atoms with Crippen molar-refractivity contribution >= 4 is 0 Å². The van der Waals surface area contributed by atoms with Crippen LogP contribution in [0.3, 0.4) is 0 Å². The molecule has 2 N–H and O–H groups in total. The SMILES string of the molecule is CCCNCCNCCC1CC(OCC)C1. The van der Waals surface area contributed by atoms with Gasteiger partial charge in [0.25, 0.3) is 0 Å². The van der Waals surface area contributed by atoms with Crippen LogP contribution in [0, 0.1) is 5.92 Å². The van der Waals surface area contributed by atoms with Crippen molar-refractivity contribution in [3.05, 3.63) is 0 Å². The third-order valence-electron chi connectivity index (χ3n) is 3.23. The van der Waals surface area contributed by atoms with Gasteiger partial charge < -0.3 is 15.4 Å². The Kier molecular flexibility index (Phi) is 7.81. The first-order valence-corrected chi connectivity index (χ1v) is 6.89. The molecule has 3 nitrogen and oxygen atoms in total. The molecule has 0 unspecified atom stereocenters. The molecule has 0 aliphatic heterocycles. The molecule has 0 bridgehead atoms. The minimum absolute atomic E-state index is 0.571. The Hall–Kier alpha value is -0.120. The highest BCUT2D eigenvalue weighted by atomic mass is 16.5. The van der Waals surface area contributed by atoms with Gasteiger partial charge in [0.05, 0.1) is 6.10 Å². The predicted molar refractivity (Wildman–Crippen MR) is 68.8 cm³/mol. The third kappa shape index (κ3) is 5.83. The molecule has 1 fully saturated rings. The smallest absolute Gasteiger partial charge is 0.0580 e. The van der Waals surface area contributed by atoms with Crippen LogP contribution in [0.2, 0.25) is 0 Å². The van der Waals surface area contributed by atoms with Gasteiger partial charge in [-0.15, -0.1) is 0 Å². The Labute approximate surface area is 100 Å². The molecule has 96 valence electrons. The van der Waals surface area contributed by atoms with E-state index in [2.05, 4.69) is 24.5 Å². The Morgan fingerprint density at radius 1 is 1.00 bits per heavy atom. The largest absolute Gasteiger partial charge is 0.378 e. The molecule has 1 saturated carbocycles. The van der Waals surface area contributed by atoms with Crippen molar-refractivity contribution in [2.45, 2.75) is 45.6 Å². The van der Waals surface area contributed by atoms with Crippen LogP contribution in [-0.2, 0) is 4.74 Å². The Bertz CT molecular complexity index is 158. The molecule has 0 heterocycles. The molecule has 1 rings (SSSR count). The van der Waals surface area contributed by atoms with Gasteiger partial charge in [-0.2, -0.15) is 0 Å². The molecule has 1 aliphatic carbocycles. The summed E-state index contributed by atoms with van der Waals surface area (Å²) in [5.41, 5.74) is 0. The lowest BCUT2D eigenvalue weighted by Crippen LogP contribution is -2.34. The van der Waals surface area contributed by atoms with Crippen molar-refractivity contribution in [3.8, 4) is 0 Å². The van der Waals surface area contributed by atoms with Gasteiger partial charge in [0, 0.05) is 19.7 Å². The lowest BCUT2D eigenvalue weighted by Gasteiger charge is -2.35. The van der Waals surface area contributed by atoms with E-state index in [0.717, 1.165) is 38.7 Å². The highest BCUT2D eigenvalue weighted by molar-refractivity contribution is 4.80. The molecule has 0 saturated heterocycles. The zero-order chi connectivity index (χ0) is 11.6. The summed E-state index contributed by atoms with van der Waals surface area (Å²) in [6, 6.07) is 0. The second-order valence-electron chi connectivity index (χ2n) is 4.70. The fraction of sp³-hybridized carbons (Fsp3) is 1.00. The first-order valence-electron chi connectivity index (χ1n) is 6.89. The number of nitrogens with one attached hydrogen (secondary N) is 2. The van der Waals surface area contributed by atoms with E-state index in [0.29, 0.717) is 6.10 Å². The highest BCUT2D eigenvalue weighted by Crippen LogP contribution is 2.32. The van der Waals surface area contributed by atoms with E-state index in [1.54, 1.807) is 0 Å². The average Bonchev–Trinajstić information content (AvgIpc) is 2.24. The van der Waals surface area contributed by atoms with E-state index in [1.807, 2.05) is 0 Å². The average molecular weight is 228 g/mol. The second kappa shape index (κ2) is 8.97. The first kappa shape index (κ1) is 13.9. The monoisotopic (exact) mass is 228 g/mol. The quantitative estimate of drug-likeness (QED) is 0.559. The second-order valence-corrected chi connectivity index (χ2v) is 4.70. The van der Waals surface area contributed by atoms with Crippen molar-refractivity contribution in [2.75, 3.05) is 32.8 Å². The van der Waals surface area contributed by atoms with Crippen LogP contribution in [-0.4, -0.2) is 38.9 Å². The van der Waals surface area contributed by atoms with E-state index < -0.39 is 0 Å². The normalized spacial score (nSPS) is 24.4. The highest BCUT2D eigenvalue weighted by Gasteiger charge is 2.28. The molecule has 0 aromatic carbocycles. The van der Waals surface area contributed by atoms with E-state index in [1.165, 1.54) is 25.7 Å². The zero-order valence-electron chi connectivity index (χ0n) is 10.9. The van der Waals surface area contributed by atoms with Crippen molar-refractivity contribution in [1.82, 2.24) is 10.6 Å². The van der Waals surface area contributed by atoms with Crippen LogP contribution >= 0.6 is 0 Å². The lowest BCUT2D eigenvalue weighted by atomic mass is 9.80. The molecular formula is C13H28N2O. The van der Waals surface area contributed by atoms with Crippen LogP contribution in [0.4, 0.5) is 0 Å². The number of hydrogen-bond donors (Lipinski definition) is 2. The molecule has 0 amide bonds. The maximum atomic E-state index is 5.55. The lowest BCUT2D eigenvalue weighted by molar-refractivity contribution is -0.0262. The molecular weight excluding hydrogens is 200 g/mol. The zero-order valence-corrected chi connectivity index (χ0v) is 10.9. The summed E-state index contributed by atoms with van der Waals surface area (Å²) in [7, 11) is 0. The fourth-order valence-electron chi connectivity index (χ4n) is 2.19. The van der Waals surface area contributed by atoms with Gasteiger partial charge in [-0.1, -0.05) is 6.92 Å². The van der Waals surface area contributed by atoms with Crippen molar-refractivity contribution in [1.29, 1.82) is 0 Å². The first-order chi connectivity index (χ1) is 7.86. The van der Waals surface area contributed by atoms with Gasteiger partial charge >= 0.3 is 0 Å². The van der Waals surface area contributed by atoms with E-state index >= 15 is 0 Å². The molecule has 0 aromatic rings. The van der Waals surface area contributed by atoms with Gasteiger partial charge in [-0.25, -0.2) is 0 Å². The van der Waals surface area contributed by atoms with Gasteiger partial charge in [-0.3, -0.25) is 0 Å². The van der Waals surface area contributed by atoms with Crippen LogP contribution in [0.15, 0.2) is 0 Å². The van der Waals surface area contributed by atoms with Crippen LogP contribution < -0.4 is 10.6 Å². The summed E-state index contributed by atoms with van der Waals surface area (Å²) in [5, 5.41) is 6.88. The molecule has 3 heteroatoms. The Morgan fingerprint density at radius 2 is 1.69 bits per heavy atom. The molecule has 1 aliphatic rings. The van der Waals surface area contributed by atoms with Crippen LogP contribution in [0.1, 0.15) is 39.5 Å². The summed E-state index contributed by atoms with van der Waals surface area (Å²) < 4.78 is 5.55. The molecule has 16 heavy (non-hydrogen) atoms. The van der Waals surface area contributed by atoms with Crippen LogP contribution in [0.25, 0.3) is 0 Å². The summed E-state index contributed by atoms with van der Waals surface area (Å²) in [6.07, 6.45) is 5.67. The summed E-state index contributed by atoms with van der Waals surface area (Å²) in [5.74, 6) is 0.910. The van der Waals surface area contributed by atoms with Crippen LogP contribution in [0.5, 0.6) is 0 Å². The Balaban J connectivity index is 1.76. The molecule has 0 atom stereocenters. The van der Waals surface area contributed by atoms with Crippen molar-refractivity contribution in [2.24, 2.45) is 5.92 Å². The summed E-state index contributed by atoms with van der Waals surface area (Å²) in [6.45, 7) is 9.65. The number of rotatable bonds is 10. The van der Waals surface area contributed by atoms with Gasteiger partial charge in [0.2, 0.25) is 0 Å². The minimum Gasteiger partial charge on any atom is -0.378 e. The van der Waals surface area contributed by atoms with Gasteiger partial charge in [-0.05, 0) is 51.6 Å². The predicted octanol–water partition coefficient (Wildman–Crippen LogP) is 1.78. The van der Waals surface area contributed by atoms with E-state index in [4.69, 9.17) is 4.74 Å². The summed E-state index contributed by atoms with van der Waals surface area (Å²) in [4.78, 5) is 0. The van der Waals surface area contributed by atoms with E-state index in [9.17, 15) is 0 Å². The molecule has 0 aromatic heterocycles. The number of ether oxygens (including phenoxy) is 1.